The SMILES string of the molecule is CCC1CN(C(=O)NCc2csc(Br)c2)CCO1. The van der Waals surface area contributed by atoms with Crippen LogP contribution >= 0.6 is 27.3 Å². The number of nitrogens with one attached hydrogen (secondary N) is 1. The second-order valence-electron chi connectivity index (χ2n) is 4.26. The van der Waals surface area contributed by atoms with E-state index in [0.717, 1.165) is 15.8 Å². The van der Waals surface area contributed by atoms with Gasteiger partial charge in [-0.25, -0.2) is 4.79 Å². The van der Waals surface area contributed by atoms with Gasteiger partial charge in [-0.05, 0) is 39.4 Å². The summed E-state index contributed by atoms with van der Waals surface area (Å²) in [5.74, 6) is 0. The molecule has 1 N–H and O–H groups in total. The van der Waals surface area contributed by atoms with E-state index in [1.807, 2.05) is 16.3 Å². The molecule has 1 unspecified atom stereocenters. The molecule has 1 aromatic heterocycles. The molecule has 2 heterocycles. The van der Waals surface area contributed by atoms with Crippen molar-refractivity contribution in [3.05, 3.63) is 20.8 Å². The second-order valence-corrected chi connectivity index (χ2v) is 6.56. The Hall–Kier alpha value is -0.590. The summed E-state index contributed by atoms with van der Waals surface area (Å²) in [5.41, 5.74) is 1.13. The molecule has 0 spiro atoms. The van der Waals surface area contributed by atoms with E-state index < -0.39 is 0 Å². The lowest BCUT2D eigenvalue weighted by Crippen LogP contribution is -2.49. The monoisotopic (exact) mass is 332 g/mol. The zero-order valence-electron chi connectivity index (χ0n) is 10.3. The molecule has 0 radical (unpaired) electrons. The molecule has 6 heteroatoms. The van der Waals surface area contributed by atoms with Gasteiger partial charge >= 0.3 is 6.03 Å². The van der Waals surface area contributed by atoms with Crippen molar-refractivity contribution in [1.29, 1.82) is 0 Å². The van der Waals surface area contributed by atoms with Crippen LogP contribution in [-0.2, 0) is 11.3 Å². The normalized spacial score (nSPS) is 19.9. The molecule has 1 saturated heterocycles. The molecule has 1 aromatic rings. The minimum atomic E-state index is -0.000859. The Morgan fingerprint density at radius 1 is 1.72 bits per heavy atom. The highest BCUT2D eigenvalue weighted by atomic mass is 79.9. The van der Waals surface area contributed by atoms with Gasteiger partial charge in [-0.2, -0.15) is 0 Å². The topological polar surface area (TPSA) is 41.6 Å². The van der Waals surface area contributed by atoms with Gasteiger partial charge in [0.2, 0.25) is 0 Å². The fourth-order valence-electron chi connectivity index (χ4n) is 1.88. The smallest absolute Gasteiger partial charge is 0.317 e. The van der Waals surface area contributed by atoms with Crippen molar-refractivity contribution in [3.63, 3.8) is 0 Å². The Labute approximate surface area is 119 Å². The average molecular weight is 333 g/mol. The molecule has 0 saturated carbocycles. The number of rotatable bonds is 3. The predicted octanol–water partition coefficient (Wildman–Crippen LogP) is 2.83. The minimum Gasteiger partial charge on any atom is -0.375 e. The maximum absolute atomic E-state index is 12.0. The van der Waals surface area contributed by atoms with Crippen LogP contribution in [0, 0.1) is 0 Å². The van der Waals surface area contributed by atoms with Crippen LogP contribution in [0.15, 0.2) is 15.2 Å². The van der Waals surface area contributed by atoms with Crippen LogP contribution in [0.1, 0.15) is 18.9 Å². The average Bonchev–Trinajstić information content (AvgIpc) is 2.82. The molecular formula is C12H17BrN2O2S. The number of carbonyl (C=O) groups is 1. The Morgan fingerprint density at radius 2 is 2.56 bits per heavy atom. The fraction of sp³-hybridized carbons (Fsp3) is 0.583. The number of urea groups is 1. The lowest BCUT2D eigenvalue weighted by Gasteiger charge is -2.32. The number of halogens is 1. The first-order chi connectivity index (χ1) is 8.69. The molecular weight excluding hydrogens is 316 g/mol. The standard InChI is InChI=1S/C12H17BrN2O2S/c1-2-10-7-15(3-4-17-10)12(16)14-6-9-5-11(13)18-8-9/h5,8,10H,2-4,6-7H2,1H3,(H,14,16). The van der Waals surface area contributed by atoms with Gasteiger partial charge in [-0.3, -0.25) is 0 Å². The number of nitrogens with zero attached hydrogens (tertiary/aromatic N) is 1. The van der Waals surface area contributed by atoms with E-state index in [-0.39, 0.29) is 12.1 Å². The van der Waals surface area contributed by atoms with Crippen LogP contribution in [0.5, 0.6) is 0 Å². The molecule has 2 amide bonds. The summed E-state index contributed by atoms with van der Waals surface area (Å²) in [6.07, 6.45) is 1.13. The first-order valence-electron chi connectivity index (χ1n) is 6.06. The van der Waals surface area contributed by atoms with Gasteiger partial charge < -0.3 is 15.0 Å². The fourth-order valence-corrected chi connectivity index (χ4v) is 3.09. The third kappa shape index (κ3) is 3.70. The Morgan fingerprint density at radius 3 is 3.22 bits per heavy atom. The molecule has 100 valence electrons. The molecule has 1 fully saturated rings. The predicted molar refractivity (Wildman–Crippen MR) is 75.9 cm³/mol. The highest BCUT2D eigenvalue weighted by molar-refractivity contribution is 9.11. The summed E-state index contributed by atoms with van der Waals surface area (Å²) in [6.45, 7) is 4.66. The van der Waals surface area contributed by atoms with Crippen molar-refractivity contribution in [1.82, 2.24) is 10.2 Å². The maximum atomic E-state index is 12.0. The van der Waals surface area contributed by atoms with Crippen molar-refractivity contribution in [2.45, 2.75) is 26.0 Å². The van der Waals surface area contributed by atoms with Crippen LogP contribution in [0.3, 0.4) is 0 Å². The van der Waals surface area contributed by atoms with Crippen LogP contribution < -0.4 is 5.32 Å². The summed E-state index contributed by atoms with van der Waals surface area (Å²) >= 11 is 5.04. The number of hydrogen-bond acceptors (Lipinski definition) is 3. The lowest BCUT2D eigenvalue weighted by molar-refractivity contribution is -0.0154. The summed E-state index contributed by atoms with van der Waals surface area (Å²) in [4.78, 5) is 13.8. The summed E-state index contributed by atoms with van der Waals surface area (Å²) in [6, 6.07) is 2.03. The largest absolute Gasteiger partial charge is 0.375 e. The Balaban J connectivity index is 1.80. The highest BCUT2D eigenvalue weighted by Gasteiger charge is 2.22. The van der Waals surface area contributed by atoms with E-state index in [1.54, 1.807) is 11.3 Å². The van der Waals surface area contributed by atoms with E-state index in [0.29, 0.717) is 26.2 Å². The molecule has 1 aliphatic heterocycles. The minimum absolute atomic E-state index is 0.000859. The number of thiophene rings is 1. The quantitative estimate of drug-likeness (QED) is 0.924. The second kappa shape index (κ2) is 6.54. The first-order valence-corrected chi connectivity index (χ1v) is 7.73. The number of amides is 2. The Kier molecular flexibility index (Phi) is 5.03. The molecule has 1 atom stereocenters. The van der Waals surface area contributed by atoms with Crippen LogP contribution in [0.4, 0.5) is 4.79 Å². The van der Waals surface area contributed by atoms with Gasteiger partial charge in [0.1, 0.15) is 0 Å². The van der Waals surface area contributed by atoms with Crippen LogP contribution in [-0.4, -0.2) is 36.7 Å². The zero-order chi connectivity index (χ0) is 13.0. The summed E-state index contributed by atoms with van der Waals surface area (Å²) < 4.78 is 6.63. The van der Waals surface area contributed by atoms with Crippen molar-refractivity contribution in [2.75, 3.05) is 19.7 Å². The van der Waals surface area contributed by atoms with Gasteiger partial charge in [0, 0.05) is 19.6 Å². The van der Waals surface area contributed by atoms with E-state index in [4.69, 9.17) is 4.74 Å². The number of ether oxygens (including phenoxy) is 1. The van der Waals surface area contributed by atoms with Gasteiger partial charge in [0.15, 0.2) is 0 Å². The van der Waals surface area contributed by atoms with Gasteiger partial charge in [-0.15, -0.1) is 11.3 Å². The van der Waals surface area contributed by atoms with E-state index in [2.05, 4.69) is 28.2 Å². The molecule has 2 rings (SSSR count). The Bertz CT molecular complexity index is 411. The molecule has 1 aliphatic rings. The van der Waals surface area contributed by atoms with Crippen molar-refractivity contribution >= 4 is 33.3 Å². The number of hydrogen-bond donors (Lipinski definition) is 1. The van der Waals surface area contributed by atoms with Crippen molar-refractivity contribution in [3.8, 4) is 0 Å². The first kappa shape index (κ1) is 13.8. The molecule has 0 aromatic carbocycles. The molecule has 4 nitrogen and oxygen atoms in total. The van der Waals surface area contributed by atoms with Gasteiger partial charge in [-0.1, -0.05) is 6.92 Å². The molecule has 0 bridgehead atoms. The van der Waals surface area contributed by atoms with E-state index in [9.17, 15) is 4.79 Å². The van der Waals surface area contributed by atoms with E-state index >= 15 is 0 Å². The maximum Gasteiger partial charge on any atom is 0.317 e. The van der Waals surface area contributed by atoms with Crippen LogP contribution in [0.2, 0.25) is 0 Å². The third-order valence-electron chi connectivity index (χ3n) is 2.95. The van der Waals surface area contributed by atoms with Crippen molar-refractivity contribution < 1.29 is 9.53 Å². The zero-order valence-corrected chi connectivity index (χ0v) is 12.7. The highest BCUT2D eigenvalue weighted by Crippen LogP contribution is 2.20. The summed E-state index contributed by atoms with van der Waals surface area (Å²) in [5, 5.41) is 4.98. The molecule has 18 heavy (non-hydrogen) atoms. The number of carbonyl (C=O) groups excluding carboxylic acids is 1. The summed E-state index contributed by atoms with van der Waals surface area (Å²) in [7, 11) is 0. The van der Waals surface area contributed by atoms with Crippen LogP contribution in [0.25, 0.3) is 0 Å². The number of morpholine rings is 1. The van der Waals surface area contributed by atoms with E-state index in [1.165, 1.54) is 0 Å². The van der Waals surface area contributed by atoms with Crippen molar-refractivity contribution in [2.24, 2.45) is 0 Å². The van der Waals surface area contributed by atoms with Gasteiger partial charge in [0.05, 0.1) is 16.5 Å². The lowest BCUT2D eigenvalue weighted by atomic mass is 10.2. The third-order valence-corrected chi connectivity index (χ3v) is 4.50. The molecule has 0 aliphatic carbocycles. The van der Waals surface area contributed by atoms with Gasteiger partial charge in [0.25, 0.3) is 0 Å².